The largest absolute Gasteiger partial charge is 0.383 e. The number of hydrogen-bond acceptors (Lipinski definition) is 7. The van der Waals surface area contributed by atoms with Crippen LogP contribution in [-0.4, -0.2) is 55.5 Å². The topological polar surface area (TPSA) is 92.1 Å². The van der Waals surface area contributed by atoms with Crippen molar-refractivity contribution in [3.05, 3.63) is 40.9 Å². The van der Waals surface area contributed by atoms with Gasteiger partial charge in [-0.3, -0.25) is 4.98 Å². The van der Waals surface area contributed by atoms with Gasteiger partial charge in [-0.2, -0.15) is 5.26 Å². The highest BCUT2D eigenvalue weighted by Crippen LogP contribution is 2.33. The molecule has 1 atom stereocenters. The van der Waals surface area contributed by atoms with Gasteiger partial charge in [-0.1, -0.05) is 19.0 Å². The van der Waals surface area contributed by atoms with Crippen LogP contribution in [0.5, 0.6) is 0 Å². The predicted molar refractivity (Wildman–Crippen MR) is 150 cm³/mol. The molecule has 2 aliphatic rings. The van der Waals surface area contributed by atoms with Crippen LogP contribution >= 0.6 is 11.6 Å². The fraction of sp³-hybridized carbons (Fsp3) is 0.621. The molecule has 3 heterocycles. The molecule has 1 saturated heterocycles. The number of nitrogens with zero attached hydrogens (tertiary/aromatic N) is 3. The molecule has 0 radical (unpaired) electrons. The maximum atomic E-state index is 14.6. The van der Waals surface area contributed by atoms with E-state index >= 15 is 0 Å². The van der Waals surface area contributed by atoms with Gasteiger partial charge in [-0.05, 0) is 76.0 Å². The summed E-state index contributed by atoms with van der Waals surface area (Å²) in [7, 11) is 1.73. The standard InChI is InChI=1S/C28H37ClFN5O2.CH4/c1-19(16-36-2)34-21-5-3-20(4-6-21)13-22-14-23(24(29)15-32-22)26-8-7-25(30)27(35-26)33-18-28(17-31)9-11-37-12-10-28;/h7-8,14-15,19-21,34H,3-6,9-13,16,18H2,1-2H3,(H,33,35);1H4/t19-,20?,21?;/m1./s1. The molecule has 0 bridgehead atoms. The quantitative estimate of drug-likeness (QED) is 0.376. The highest BCUT2D eigenvalue weighted by molar-refractivity contribution is 6.33. The zero-order valence-electron chi connectivity index (χ0n) is 21.7. The van der Waals surface area contributed by atoms with E-state index in [1.54, 1.807) is 19.4 Å². The average Bonchev–Trinajstić information content (AvgIpc) is 2.91. The molecule has 2 aromatic rings. The molecule has 4 rings (SSSR count). The van der Waals surface area contributed by atoms with Gasteiger partial charge < -0.3 is 20.1 Å². The predicted octanol–water partition coefficient (Wildman–Crippen LogP) is 6.03. The number of nitrogens with one attached hydrogen (secondary N) is 2. The van der Waals surface area contributed by atoms with Crippen LogP contribution in [0.25, 0.3) is 11.3 Å². The minimum Gasteiger partial charge on any atom is -0.383 e. The van der Waals surface area contributed by atoms with E-state index in [-0.39, 0.29) is 13.2 Å². The molecule has 0 amide bonds. The molecular weight excluding hydrogens is 505 g/mol. The zero-order valence-corrected chi connectivity index (χ0v) is 22.5. The Hall–Kier alpha value is -2.31. The van der Waals surface area contributed by atoms with Crippen LogP contribution in [0.3, 0.4) is 0 Å². The van der Waals surface area contributed by atoms with Crippen molar-refractivity contribution in [3.8, 4) is 17.3 Å². The number of pyridine rings is 2. The summed E-state index contributed by atoms with van der Waals surface area (Å²) in [5, 5.41) is 16.9. The number of hydrogen-bond donors (Lipinski definition) is 2. The summed E-state index contributed by atoms with van der Waals surface area (Å²) in [6.07, 6.45) is 8.34. The molecule has 2 N–H and O–H groups in total. The van der Waals surface area contributed by atoms with Crippen molar-refractivity contribution < 1.29 is 13.9 Å². The van der Waals surface area contributed by atoms with Crippen molar-refractivity contribution >= 4 is 17.4 Å². The Morgan fingerprint density at radius 2 is 2.00 bits per heavy atom. The maximum Gasteiger partial charge on any atom is 0.165 e. The highest BCUT2D eigenvalue weighted by Gasteiger charge is 2.33. The molecule has 9 heteroatoms. The van der Waals surface area contributed by atoms with Gasteiger partial charge in [0, 0.05) is 56.4 Å². The summed E-state index contributed by atoms with van der Waals surface area (Å²) in [5.41, 5.74) is 1.70. The van der Waals surface area contributed by atoms with Gasteiger partial charge >= 0.3 is 0 Å². The lowest BCUT2D eigenvalue weighted by Gasteiger charge is -2.31. The third-order valence-electron chi connectivity index (χ3n) is 7.60. The van der Waals surface area contributed by atoms with E-state index in [1.807, 2.05) is 6.07 Å². The van der Waals surface area contributed by atoms with Crippen LogP contribution in [0, 0.1) is 28.5 Å². The summed E-state index contributed by atoms with van der Waals surface area (Å²) >= 11 is 6.51. The van der Waals surface area contributed by atoms with Crippen LogP contribution in [0.4, 0.5) is 10.2 Å². The number of nitriles is 1. The van der Waals surface area contributed by atoms with E-state index in [9.17, 15) is 9.65 Å². The fourth-order valence-corrected chi connectivity index (χ4v) is 5.58. The van der Waals surface area contributed by atoms with Crippen LogP contribution < -0.4 is 10.6 Å². The first-order valence-corrected chi connectivity index (χ1v) is 13.6. The van der Waals surface area contributed by atoms with E-state index in [1.165, 1.54) is 6.07 Å². The second-order valence-corrected chi connectivity index (χ2v) is 10.9. The molecule has 2 fully saturated rings. The lowest BCUT2D eigenvalue weighted by molar-refractivity contribution is 0.0455. The molecule has 0 unspecified atom stereocenters. The van der Waals surface area contributed by atoms with Crippen molar-refractivity contribution in [1.29, 1.82) is 5.26 Å². The first-order valence-electron chi connectivity index (χ1n) is 13.2. The molecule has 38 heavy (non-hydrogen) atoms. The van der Waals surface area contributed by atoms with Gasteiger partial charge in [0.25, 0.3) is 0 Å². The Morgan fingerprint density at radius 1 is 1.26 bits per heavy atom. The Labute approximate surface area is 231 Å². The molecule has 0 aromatic carbocycles. The van der Waals surface area contributed by atoms with Crippen molar-refractivity contribution in [3.63, 3.8) is 0 Å². The second kappa shape index (κ2) is 14.2. The number of ether oxygens (including phenoxy) is 2. The SMILES string of the molecule is C.COC[C@@H](C)NC1CCC(Cc2cc(-c3ccc(F)c(NCC4(C#N)CCOCC4)n3)c(Cl)cn2)CC1. The molecule has 208 valence electrons. The number of anilines is 1. The van der Waals surface area contributed by atoms with Crippen molar-refractivity contribution in [2.45, 2.75) is 71.4 Å². The van der Waals surface area contributed by atoms with Gasteiger partial charge in [0.1, 0.15) is 0 Å². The summed E-state index contributed by atoms with van der Waals surface area (Å²) in [6.45, 7) is 4.26. The highest BCUT2D eigenvalue weighted by atomic mass is 35.5. The Balaban J connectivity index is 0.00000400. The minimum atomic E-state index is -0.583. The summed E-state index contributed by atoms with van der Waals surface area (Å²) in [5.74, 6) is 0.235. The Bertz CT molecular complexity index is 1080. The first kappa shape index (κ1) is 30.2. The third-order valence-corrected chi connectivity index (χ3v) is 7.90. The van der Waals surface area contributed by atoms with E-state index in [2.05, 4.69) is 33.6 Å². The van der Waals surface area contributed by atoms with Crippen LogP contribution in [0.1, 0.15) is 58.6 Å². The van der Waals surface area contributed by atoms with Crippen molar-refractivity contribution in [1.82, 2.24) is 15.3 Å². The number of halogens is 2. The molecular formula is C29H41ClFN5O2. The summed E-state index contributed by atoms with van der Waals surface area (Å²) < 4.78 is 25.2. The number of methoxy groups -OCH3 is 1. The monoisotopic (exact) mass is 545 g/mol. The summed E-state index contributed by atoms with van der Waals surface area (Å²) in [4.78, 5) is 9.11. The van der Waals surface area contributed by atoms with Crippen LogP contribution in [0.15, 0.2) is 24.4 Å². The molecule has 1 aliphatic heterocycles. The number of rotatable bonds is 10. The van der Waals surface area contributed by atoms with Crippen molar-refractivity contribution in [2.24, 2.45) is 11.3 Å². The zero-order chi connectivity index (χ0) is 26.3. The second-order valence-electron chi connectivity index (χ2n) is 10.5. The normalized spacial score (nSPS) is 21.7. The maximum absolute atomic E-state index is 14.6. The summed E-state index contributed by atoms with van der Waals surface area (Å²) in [6, 6.07) is 8.29. The van der Waals surface area contributed by atoms with E-state index < -0.39 is 11.2 Å². The molecule has 7 nitrogen and oxygen atoms in total. The molecule has 2 aromatic heterocycles. The van der Waals surface area contributed by atoms with Gasteiger partial charge in [0.2, 0.25) is 0 Å². The van der Waals surface area contributed by atoms with Gasteiger partial charge in [0.05, 0.1) is 28.8 Å². The lowest BCUT2D eigenvalue weighted by Crippen LogP contribution is -2.41. The number of aromatic nitrogens is 2. The van der Waals surface area contributed by atoms with Gasteiger partial charge in [-0.25, -0.2) is 9.37 Å². The lowest BCUT2D eigenvalue weighted by atomic mass is 9.82. The van der Waals surface area contributed by atoms with E-state index in [0.29, 0.717) is 61.3 Å². The fourth-order valence-electron chi connectivity index (χ4n) is 5.38. The van der Waals surface area contributed by atoms with Gasteiger partial charge in [-0.15, -0.1) is 0 Å². The smallest absolute Gasteiger partial charge is 0.165 e. The first-order chi connectivity index (χ1) is 17.9. The average molecular weight is 546 g/mol. The third kappa shape index (κ3) is 7.86. The van der Waals surface area contributed by atoms with Crippen molar-refractivity contribution in [2.75, 3.05) is 38.8 Å². The van der Waals surface area contributed by atoms with Crippen LogP contribution in [0.2, 0.25) is 5.02 Å². The van der Waals surface area contributed by atoms with Gasteiger partial charge in [0.15, 0.2) is 11.6 Å². The molecule has 1 saturated carbocycles. The minimum absolute atomic E-state index is 0. The van der Waals surface area contributed by atoms with Crippen LogP contribution in [-0.2, 0) is 15.9 Å². The Morgan fingerprint density at radius 3 is 2.68 bits per heavy atom. The van der Waals surface area contributed by atoms with E-state index in [4.69, 9.17) is 21.1 Å². The van der Waals surface area contributed by atoms with E-state index in [0.717, 1.165) is 50.0 Å². The Kier molecular flexibility index (Phi) is 11.3. The molecule has 0 spiro atoms. The molecule has 1 aliphatic carbocycles.